The van der Waals surface area contributed by atoms with Gasteiger partial charge in [-0.1, -0.05) is 44.2 Å². The average Bonchev–Trinajstić information content (AvgIpc) is 3.50. The van der Waals surface area contributed by atoms with Crippen molar-refractivity contribution >= 4 is 45.3 Å². The first kappa shape index (κ1) is 25.8. The van der Waals surface area contributed by atoms with Crippen molar-refractivity contribution in [2.24, 2.45) is 11.3 Å². The Kier molecular flexibility index (Phi) is 6.77. The summed E-state index contributed by atoms with van der Waals surface area (Å²) in [7, 11) is 0. The standard InChI is InChI=1S/C31H33N3O4S/c1-31(2)18-24-26(30(33-13-15-38-16-14-33)39-27(24)25(35)19-31)20-7-6-8-21(17-20)32-28(36)23-11-12-34(29(23)37)22-9-4-3-5-10-22/h3-10,17,23H,11-16,18-19H2,1-2H3,(H,32,36). The predicted molar refractivity (Wildman–Crippen MR) is 155 cm³/mol. The smallest absolute Gasteiger partial charge is 0.239 e. The number of carbonyl (C=O) groups is 3. The highest BCUT2D eigenvalue weighted by Crippen LogP contribution is 2.49. The fourth-order valence-electron chi connectivity index (χ4n) is 5.96. The molecule has 0 radical (unpaired) electrons. The Bertz CT molecular complexity index is 1420. The Hall–Kier alpha value is -3.49. The molecule has 2 aromatic carbocycles. The van der Waals surface area contributed by atoms with E-state index in [0.29, 0.717) is 38.3 Å². The minimum Gasteiger partial charge on any atom is -0.378 e. The van der Waals surface area contributed by atoms with Gasteiger partial charge in [0.2, 0.25) is 11.8 Å². The molecule has 202 valence electrons. The van der Waals surface area contributed by atoms with Crippen LogP contribution in [0.25, 0.3) is 11.1 Å². The van der Waals surface area contributed by atoms with Crippen LogP contribution in [0, 0.1) is 11.3 Å². The molecule has 39 heavy (non-hydrogen) atoms. The minimum absolute atomic E-state index is 0.110. The van der Waals surface area contributed by atoms with Crippen molar-refractivity contribution in [3.8, 4) is 11.1 Å². The van der Waals surface area contributed by atoms with Crippen LogP contribution >= 0.6 is 11.3 Å². The number of nitrogens with one attached hydrogen (secondary N) is 1. The molecule has 3 aromatic rings. The van der Waals surface area contributed by atoms with Crippen molar-refractivity contribution < 1.29 is 19.1 Å². The lowest BCUT2D eigenvalue weighted by atomic mass is 9.75. The topological polar surface area (TPSA) is 79.0 Å². The van der Waals surface area contributed by atoms with E-state index in [1.807, 2.05) is 54.6 Å². The molecule has 2 amide bonds. The van der Waals surface area contributed by atoms with Crippen LogP contribution in [0.2, 0.25) is 0 Å². The first-order valence-electron chi connectivity index (χ1n) is 13.6. The SMILES string of the molecule is CC1(C)CC(=O)c2sc(N3CCOCC3)c(-c3cccc(NC(=O)C4CCN(c5ccccc5)C4=O)c3)c2C1. The predicted octanol–water partition coefficient (Wildman–Crippen LogP) is 5.40. The van der Waals surface area contributed by atoms with E-state index in [0.717, 1.165) is 51.8 Å². The molecule has 2 fully saturated rings. The number of anilines is 3. The molecule has 8 heteroatoms. The molecule has 1 aromatic heterocycles. The van der Waals surface area contributed by atoms with Gasteiger partial charge in [0.1, 0.15) is 5.92 Å². The highest BCUT2D eigenvalue weighted by atomic mass is 32.1. The maximum absolute atomic E-state index is 13.3. The second kappa shape index (κ2) is 10.2. The van der Waals surface area contributed by atoms with Crippen molar-refractivity contribution in [3.63, 3.8) is 0 Å². The molecule has 7 nitrogen and oxygen atoms in total. The monoisotopic (exact) mass is 543 g/mol. The highest BCUT2D eigenvalue weighted by molar-refractivity contribution is 7.19. The third-order valence-corrected chi connectivity index (χ3v) is 9.18. The number of ether oxygens (including phenoxy) is 1. The Morgan fingerprint density at radius 2 is 1.77 bits per heavy atom. The van der Waals surface area contributed by atoms with Crippen molar-refractivity contribution in [2.75, 3.05) is 48.0 Å². The summed E-state index contributed by atoms with van der Waals surface area (Å²) in [6, 6.07) is 17.3. The first-order chi connectivity index (χ1) is 18.8. The second-order valence-corrected chi connectivity index (χ2v) is 12.4. The number of rotatable bonds is 5. The molecule has 1 unspecified atom stereocenters. The van der Waals surface area contributed by atoms with Gasteiger partial charge in [-0.2, -0.15) is 0 Å². The zero-order valence-corrected chi connectivity index (χ0v) is 23.2. The minimum atomic E-state index is -0.717. The molecular formula is C31H33N3O4S. The Morgan fingerprint density at radius 1 is 1.00 bits per heavy atom. The lowest BCUT2D eigenvalue weighted by molar-refractivity contribution is -0.129. The number of hydrogen-bond acceptors (Lipinski definition) is 6. The van der Waals surface area contributed by atoms with E-state index in [-0.39, 0.29) is 23.0 Å². The molecule has 0 bridgehead atoms. The van der Waals surface area contributed by atoms with Gasteiger partial charge >= 0.3 is 0 Å². The molecule has 2 aliphatic heterocycles. The molecule has 2 saturated heterocycles. The quantitative estimate of drug-likeness (QED) is 0.436. The van der Waals surface area contributed by atoms with Crippen LogP contribution < -0.4 is 15.1 Å². The van der Waals surface area contributed by atoms with Crippen molar-refractivity contribution in [1.82, 2.24) is 0 Å². The number of ketones is 1. The van der Waals surface area contributed by atoms with Gasteiger partial charge in [0.25, 0.3) is 0 Å². The number of Topliss-reactive ketones (excluding diaryl/α,β-unsaturated/α-hetero) is 1. The van der Waals surface area contributed by atoms with E-state index >= 15 is 0 Å². The molecule has 1 N–H and O–H groups in total. The van der Waals surface area contributed by atoms with Gasteiger partial charge in [-0.15, -0.1) is 11.3 Å². The molecule has 1 atom stereocenters. The van der Waals surface area contributed by atoms with Crippen molar-refractivity contribution in [2.45, 2.75) is 33.1 Å². The first-order valence-corrected chi connectivity index (χ1v) is 14.4. The van der Waals surface area contributed by atoms with Crippen LogP contribution in [0.5, 0.6) is 0 Å². The van der Waals surface area contributed by atoms with Gasteiger partial charge in [0.05, 0.1) is 23.1 Å². The molecular weight excluding hydrogens is 510 g/mol. The number of para-hydroxylation sites is 1. The number of morpholine rings is 1. The number of amides is 2. The van der Waals surface area contributed by atoms with Gasteiger partial charge in [-0.3, -0.25) is 14.4 Å². The maximum atomic E-state index is 13.3. The Balaban J connectivity index is 1.30. The molecule has 0 saturated carbocycles. The van der Waals surface area contributed by atoms with E-state index < -0.39 is 5.92 Å². The number of fused-ring (bicyclic) bond motifs is 1. The van der Waals surface area contributed by atoms with E-state index in [1.54, 1.807) is 16.2 Å². The van der Waals surface area contributed by atoms with Gasteiger partial charge < -0.3 is 19.9 Å². The van der Waals surface area contributed by atoms with Crippen LogP contribution in [0.4, 0.5) is 16.4 Å². The fraction of sp³-hybridized carbons (Fsp3) is 0.387. The summed E-state index contributed by atoms with van der Waals surface area (Å²) in [4.78, 5) is 44.4. The van der Waals surface area contributed by atoms with Gasteiger partial charge in [0.15, 0.2) is 5.78 Å². The summed E-state index contributed by atoms with van der Waals surface area (Å²) in [5.41, 5.74) is 4.52. The second-order valence-electron chi connectivity index (χ2n) is 11.4. The number of nitrogens with zero attached hydrogens (tertiary/aromatic N) is 2. The molecule has 6 rings (SSSR count). The Labute approximate surface area is 232 Å². The van der Waals surface area contributed by atoms with Crippen LogP contribution in [0.15, 0.2) is 54.6 Å². The zero-order chi connectivity index (χ0) is 27.1. The molecule has 1 aliphatic carbocycles. The fourth-order valence-corrected chi connectivity index (χ4v) is 7.29. The van der Waals surface area contributed by atoms with Crippen LogP contribution in [-0.4, -0.2) is 50.4 Å². The van der Waals surface area contributed by atoms with E-state index in [1.165, 1.54) is 0 Å². The summed E-state index contributed by atoms with van der Waals surface area (Å²) < 4.78 is 5.60. The number of thiophene rings is 1. The third kappa shape index (κ3) is 4.99. The van der Waals surface area contributed by atoms with Crippen LogP contribution in [0.1, 0.15) is 41.9 Å². The normalized spacial score (nSPS) is 20.7. The van der Waals surface area contributed by atoms with Crippen molar-refractivity contribution in [1.29, 1.82) is 0 Å². The van der Waals surface area contributed by atoms with Gasteiger partial charge in [-0.05, 0) is 53.6 Å². The number of hydrogen-bond donors (Lipinski definition) is 1. The Morgan fingerprint density at radius 3 is 2.54 bits per heavy atom. The van der Waals surface area contributed by atoms with Crippen molar-refractivity contribution in [3.05, 3.63) is 65.0 Å². The number of benzene rings is 2. The van der Waals surface area contributed by atoms with Crippen LogP contribution in [0.3, 0.4) is 0 Å². The summed E-state index contributed by atoms with van der Waals surface area (Å²) >= 11 is 1.59. The summed E-state index contributed by atoms with van der Waals surface area (Å²) in [6.07, 6.45) is 1.86. The third-order valence-electron chi connectivity index (χ3n) is 7.84. The molecule has 3 heterocycles. The summed E-state index contributed by atoms with van der Waals surface area (Å²) in [6.45, 7) is 7.70. The van der Waals surface area contributed by atoms with E-state index in [4.69, 9.17) is 4.74 Å². The maximum Gasteiger partial charge on any atom is 0.239 e. The summed E-state index contributed by atoms with van der Waals surface area (Å²) in [5, 5.41) is 4.11. The average molecular weight is 544 g/mol. The molecule has 0 spiro atoms. The highest BCUT2D eigenvalue weighted by Gasteiger charge is 2.39. The largest absolute Gasteiger partial charge is 0.378 e. The van der Waals surface area contributed by atoms with E-state index in [2.05, 4.69) is 24.1 Å². The van der Waals surface area contributed by atoms with Gasteiger partial charge in [-0.25, -0.2) is 0 Å². The van der Waals surface area contributed by atoms with Crippen LogP contribution in [-0.2, 0) is 20.7 Å². The molecule has 3 aliphatic rings. The lowest BCUT2D eigenvalue weighted by Crippen LogP contribution is -2.36. The van der Waals surface area contributed by atoms with E-state index in [9.17, 15) is 14.4 Å². The van der Waals surface area contributed by atoms with Gasteiger partial charge in [0, 0.05) is 43.0 Å². The number of carbonyl (C=O) groups excluding carboxylic acids is 3. The summed E-state index contributed by atoms with van der Waals surface area (Å²) in [5.74, 6) is -0.964. The zero-order valence-electron chi connectivity index (χ0n) is 22.4. The lowest BCUT2D eigenvalue weighted by Gasteiger charge is -2.30.